The second kappa shape index (κ2) is 6.42. The Kier molecular flexibility index (Phi) is 4.75. The summed E-state index contributed by atoms with van der Waals surface area (Å²) in [6.07, 6.45) is 0. The molecule has 5 nitrogen and oxygen atoms in total. The topological polar surface area (TPSA) is 83.5 Å². The maximum Gasteiger partial charge on any atom is 0.335 e. The van der Waals surface area contributed by atoms with Gasteiger partial charge in [-0.25, -0.2) is 13.2 Å². The summed E-state index contributed by atoms with van der Waals surface area (Å²) < 4.78 is 27.4. The third-order valence-corrected chi connectivity index (χ3v) is 4.93. The molecular formula is C17H19NO4S. The van der Waals surface area contributed by atoms with Crippen LogP contribution in [0.15, 0.2) is 47.4 Å². The molecule has 0 saturated heterocycles. The molecule has 0 saturated carbocycles. The van der Waals surface area contributed by atoms with Gasteiger partial charge in [0.2, 0.25) is 0 Å². The molecule has 2 aromatic rings. The fraction of sp³-hybridized carbons (Fsp3) is 0.235. The van der Waals surface area contributed by atoms with Crippen LogP contribution in [0.2, 0.25) is 0 Å². The standard InChI is InChI=1S/C17H19NO4S/c1-11(2)13-5-4-6-14(9-13)18-23(21,22)15-8-7-12(3)16(10-15)17(19)20/h4-11,18H,1-3H3,(H,19,20). The molecular weight excluding hydrogens is 314 g/mol. The van der Waals surface area contributed by atoms with E-state index in [0.717, 1.165) is 5.56 Å². The summed E-state index contributed by atoms with van der Waals surface area (Å²) in [6, 6.07) is 11.2. The van der Waals surface area contributed by atoms with Gasteiger partial charge in [-0.3, -0.25) is 4.72 Å². The van der Waals surface area contributed by atoms with Crippen molar-refractivity contribution in [3.05, 3.63) is 59.2 Å². The van der Waals surface area contributed by atoms with Crippen LogP contribution in [0.5, 0.6) is 0 Å². The van der Waals surface area contributed by atoms with Crippen molar-refractivity contribution in [3.63, 3.8) is 0 Å². The Balaban J connectivity index is 2.38. The zero-order valence-corrected chi connectivity index (χ0v) is 14.0. The van der Waals surface area contributed by atoms with E-state index in [4.69, 9.17) is 5.11 Å². The summed E-state index contributed by atoms with van der Waals surface area (Å²) in [4.78, 5) is 11.1. The lowest BCUT2D eigenvalue weighted by Crippen LogP contribution is -2.14. The minimum atomic E-state index is -3.84. The largest absolute Gasteiger partial charge is 0.478 e. The zero-order valence-electron chi connectivity index (χ0n) is 13.2. The molecule has 0 atom stereocenters. The third-order valence-electron chi connectivity index (χ3n) is 3.56. The first-order chi connectivity index (χ1) is 10.7. The summed E-state index contributed by atoms with van der Waals surface area (Å²) in [5.74, 6) is -0.876. The molecule has 122 valence electrons. The number of hydrogen-bond acceptors (Lipinski definition) is 3. The third kappa shape index (κ3) is 3.90. The van der Waals surface area contributed by atoms with E-state index in [9.17, 15) is 13.2 Å². The van der Waals surface area contributed by atoms with Crippen LogP contribution >= 0.6 is 0 Å². The average Bonchev–Trinajstić information content (AvgIpc) is 2.46. The zero-order chi connectivity index (χ0) is 17.2. The number of nitrogens with one attached hydrogen (secondary N) is 1. The number of aryl methyl sites for hydroxylation is 1. The minimum Gasteiger partial charge on any atom is -0.478 e. The molecule has 0 aliphatic rings. The van der Waals surface area contributed by atoms with Crippen molar-refractivity contribution in [1.82, 2.24) is 0 Å². The number of anilines is 1. The van der Waals surface area contributed by atoms with Crippen LogP contribution in [-0.4, -0.2) is 19.5 Å². The van der Waals surface area contributed by atoms with Crippen molar-refractivity contribution < 1.29 is 18.3 Å². The predicted octanol–water partition coefficient (Wildman–Crippen LogP) is 3.62. The highest BCUT2D eigenvalue weighted by Gasteiger charge is 2.18. The van der Waals surface area contributed by atoms with Crippen LogP contribution in [-0.2, 0) is 10.0 Å². The van der Waals surface area contributed by atoms with Gasteiger partial charge in [0.05, 0.1) is 10.5 Å². The molecule has 0 spiro atoms. The molecule has 23 heavy (non-hydrogen) atoms. The van der Waals surface area contributed by atoms with E-state index in [1.165, 1.54) is 18.2 Å². The monoisotopic (exact) mass is 333 g/mol. The van der Waals surface area contributed by atoms with Crippen molar-refractivity contribution >= 4 is 21.7 Å². The number of carboxylic acids is 1. The second-order valence-corrected chi connectivity index (χ2v) is 7.35. The quantitative estimate of drug-likeness (QED) is 0.875. The van der Waals surface area contributed by atoms with Crippen LogP contribution in [0.3, 0.4) is 0 Å². The summed E-state index contributed by atoms with van der Waals surface area (Å²) >= 11 is 0. The highest BCUT2D eigenvalue weighted by Crippen LogP contribution is 2.22. The van der Waals surface area contributed by atoms with Gasteiger partial charge < -0.3 is 5.11 Å². The predicted molar refractivity (Wildman–Crippen MR) is 89.5 cm³/mol. The molecule has 0 heterocycles. The SMILES string of the molecule is Cc1ccc(S(=O)(=O)Nc2cccc(C(C)C)c2)cc1C(=O)O. The molecule has 6 heteroatoms. The van der Waals surface area contributed by atoms with E-state index in [-0.39, 0.29) is 16.4 Å². The smallest absolute Gasteiger partial charge is 0.335 e. The highest BCUT2D eigenvalue weighted by molar-refractivity contribution is 7.92. The van der Waals surface area contributed by atoms with Crippen molar-refractivity contribution in [2.75, 3.05) is 4.72 Å². The lowest BCUT2D eigenvalue weighted by molar-refractivity contribution is 0.0696. The van der Waals surface area contributed by atoms with Crippen molar-refractivity contribution in [3.8, 4) is 0 Å². The lowest BCUT2D eigenvalue weighted by atomic mass is 10.0. The van der Waals surface area contributed by atoms with E-state index in [1.54, 1.807) is 25.1 Å². The number of hydrogen-bond donors (Lipinski definition) is 2. The van der Waals surface area contributed by atoms with Crippen LogP contribution in [0, 0.1) is 6.92 Å². The highest BCUT2D eigenvalue weighted by atomic mass is 32.2. The fourth-order valence-corrected chi connectivity index (χ4v) is 3.25. The molecule has 0 aliphatic carbocycles. The van der Waals surface area contributed by atoms with Crippen LogP contribution in [0.25, 0.3) is 0 Å². The Morgan fingerprint density at radius 2 is 1.83 bits per heavy atom. The van der Waals surface area contributed by atoms with E-state index in [2.05, 4.69) is 4.72 Å². The summed E-state index contributed by atoms with van der Waals surface area (Å²) in [7, 11) is -3.84. The molecule has 0 radical (unpaired) electrons. The van der Waals surface area contributed by atoms with E-state index < -0.39 is 16.0 Å². The first-order valence-electron chi connectivity index (χ1n) is 7.17. The van der Waals surface area contributed by atoms with Gasteiger partial charge in [-0.15, -0.1) is 0 Å². The molecule has 0 fully saturated rings. The molecule has 2 N–H and O–H groups in total. The van der Waals surface area contributed by atoms with Gasteiger partial charge in [0.25, 0.3) is 10.0 Å². The van der Waals surface area contributed by atoms with Gasteiger partial charge in [-0.1, -0.05) is 32.0 Å². The van der Waals surface area contributed by atoms with E-state index >= 15 is 0 Å². The maximum absolute atomic E-state index is 12.5. The van der Waals surface area contributed by atoms with Gasteiger partial charge >= 0.3 is 5.97 Å². The Morgan fingerprint density at radius 1 is 1.13 bits per heavy atom. The number of carbonyl (C=O) groups is 1. The van der Waals surface area contributed by atoms with E-state index in [0.29, 0.717) is 11.3 Å². The fourth-order valence-electron chi connectivity index (χ4n) is 2.17. The molecule has 0 aliphatic heterocycles. The van der Waals surface area contributed by atoms with E-state index in [1.807, 2.05) is 19.9 Å². The van der Waals surface area contributed by atoms with Crippen LogP contribution < -0.4 is 4.72 Å². The van der Waals surface area contributed by atoms with Crippen molar-refractivity contribution in [2.24, 2.45) is 0 Å². The summed E-state index contributed by atoms with van der Waals surface area (Å²) in [5.41, 5.74) is 1.95. The maximum atomic E-state index is 12.5. The molecule has 0 bridgehead atoms. The average molecular weight is 333 g/mol. The first kappa shape index (κ1) is 17.0. The molecule has 0 aromatic heterocycles. The Bertz CT molecular complexity index is 841. The van der Waals surface area contributed by atoms with Crippen molar-refractivity contribution in [2.45, 2.75) is 31.6 Å². The number of sulfonamides is 1. The molecule has 2 aromatic carbocycles. The van der Waals surface area contributed by atoms with Gasteiger partial charge in [0.15, 0.2) is 0 Å². The van der Waals surface area contributed by atoms with Gasteiger partial charge in [-0.05, 0) is 48.2 Å². The van der Waals surface area contributed by atoms with Gasteiger partial charge in [0.1, 0.15) is 0 Å². The lowest BCUT2D eigenvalue weighted by Gasteiger charge is -2.12. The number of benzene rings is 2. The van der Waals surface area contributed by atoms with Crippen LogP contribution in [0.1, 0.15) is 41.3 Å². The Hall–Kier alpha value is -2.34. The summed E-state index contributed by atoms with van der Waals surface area (Å²) in [6.45, 7) is 5.67. The number of aromatic carboxylic acids is 1. The van der Waals surface area contributed by atoms with Gasteiger partial charge in [0, 0.05) is 5.69 Å². The number of carboxylic acid groups (broad SMARTS) is 1. The van der Waals surface area contributed by atoms with Crippen LogP contribution in [0.4, 0.5) is 5.69 Å². The van der Waals surface area contributed by atoms with Crippen molar-refractivity contribution in [1.29, 1.82) is 0 Å². The second-order valence-electron chi connectivity index (χ2n) is 5.67. The first-order valence-corrected chi connectivity index (χ1v) is 8.66. The minimum absolute atomic E-state index is 0.0243. The molecule has 2 rings (SSSR count). The van der Waals surface area contributed by atoms with Gasteiger partial charge in [-0.2, -0.15) is 0 Å². The normalized spacial score (nSPS) is 11.5. The molecule has 0 amide bonds. The Morgan fingerprint density at radius 3 is 2.43 bits per heavy atom. The molecule has 0 unspecified atom stereocenters. The number of rotatable bonds is 5. The summed E-state index contributed by atoms with van der Waals surface area (Å²) in [5, 5.41) is 9.13. The Labute approximate surface area is 136 Å².